The molecule has 4 aromatic rings. The van der Waals surface area contributed by atoms with Gasteiger partial charge in [-0.05, 0) is 23.8 Å². The maximum atomic E-state index is 12.9. The molecule has 11 heteroatoms. The largest absolute Gasteiger partial charge is 0.485 e. The fourth-order valence-electron chi connectivity index (χ4n) is 2.99. The third kappa shape index (κ3) is 5.75. The molecule has 0 fully saturated rings. The first kappa shape index (κ1) is 22.5. The fourth-order valence-corrected chi connectivity index (χ4v) is 3.83. The van der Waals surface area contributed by atoms with E-state index in [4.69, 9.17) is 9.26 Å². The van der Waals surface area contributed by atoms with Crippen molar-refractivity contribution >= 4 is 22.4 Å². The molecule has 0 spiro atoms. The third-order valence-electron chi connectivity index (χ3n) is 4.46. The number of carbonyl (C=O) groups excluding carboxylic acids is 1. The molecule has 1 amide bonds. The molecule has 4 rings (SSSR count). The summed E-state index contributed by atoms with van der Waals surface area (Å²) in [5.74, 6) is 0.652. The van der Waals surface area contributed by atoms with E-state index in [1.807, 2.05) is 0 Å². The Morgan fingerprint density at radius 1 is 1.18 bits per heavy atom. The average Bonchev–Trinajstić information content (AvgIpc) is 3.40. The molecular weight excluding hydrogens is 457 g/mol. The molecule has 0 unspecified atom stereocenters. The molecule has 0 atom stereocenters. The van der Waals surface area contributed by atoms with Crippen molar-refractivity contribution in [3.05, 3.63) is 88.0 Å². The fraction of sp³-hybridized carbons (Fsp3) is 0.182. The van der Waals surface area contributed by atoms with Gasteiger partial charge in [0.15, 0.2) is 11.7 Å². The van der Waals surface area contributed by atoms with Gasteiger partial charge >= 0.3 is 6.18 Å². The van der Waals surface area contributed by atoms with Gasteiger partial charge in [0, 0.05) is 24.4 Å². The summed E-state index contributed by atoms with van der Waals surface area (Å²) in [7, 11) is 0. The third-order valence-corrected chi connectivity index (χ3v) is 5.38. The number of alkyl halides is 3. The van der Waals surface area contributed by atoms with E-state index < -0.39 is 17.6 Å². The lowest BCUT2D eigenvalue weighted by Crippen LogP contribution is -2.13. The number of aryl methyl sites for hydroxylation is 1. The van der Waals surface area contributed by atoms with Gasteiger partial charge in [-0.25, -0.2) is 4.98 Å². The van der Waals surface area contributed by atoms with Crippen LogP contribution in [0.4, 0.5) is 18.3 Å². The molecular formula is C22H17F3N4O3S. The van der Waals surface area contributed by atoms with Crippen molar-refractivity contribution in [3.8, 4) is 5.75 Å². The van der Waals surface area contributed by atoms with Crippen LogP contribution in [0.1, 0.15) is 38.1 Å². The van der Waals surface area contributed by atoms with Crippen molar-refractivity contribution < 1.29 is 27.2 Å². The normalized spacial score (nSPS) is 11.4. The van der Waals surface area contributed by atoms with E-state index in [1.54, 1.807) is 37.3 Å². The standard InChI is InChI=1S/C22H17F3N4O3S/c1-13-27-19(29-32-13)12-31-18-8-3-2-7-17(18)20(30)28-21-26-11-16(33-21)10-14-5-4-6-15(9-14)22(23,24)25/h2-9,11H,10,12H2,1H3,(H,26,28,30). The highest BCUT2D eigenvalue weighted by molar-refractivity contribution is 7.15. The van der Waals surface area contributed by atoms with Crippen molar-refractivity contribution in [2.45, 2.75) is 26.1 Å². The zero-order chi connectivity index (χ0) is 23.4. The summed E-state index contributed by atoms with van der Waals surface area (Å²) in [6.07, 6.45) is -2.61. The van der Waals surface area contributed by atoms with Crippen molar-refractivity contribution in [1.29, 1.82) is 0 Å². The Bertz CT molecular complexity index is 1270. The zero-order valence-electron chi connectivity index (χ0n) is 17.2. The van der Waals surface area contributed by atoms with Crippen LogP contribution in [-0.4, -0.2) is 21.0 Å². The molecule has 0 bridgehead atoms. The van der Waals surface area contributed by atoms with Gasteiger partial charge in [0.2, 0.25) is 11.7 Å². The highest BCUT2D eigenvalue weighted by atomic mass is 32.1. The molecule has 0 saturated heterocycles. The SMILES string of the molecule is Cc1nc(COc2ccccc2C(=O)Nc2ncc(Cc3cccc(C(F)(F)F)c3)s2)no1. The molecule has 0 aliphatic carbocycles. The van der Waals surface area contributed by atoms with E-state index in [0.29, 0.717) is 33.0 Å². The number of thiazole rings is 1. The number of para-hydroxylation sites is 1. The lowest BCUT2D eigenvalue weighted by Gasteiger charge is -2.09. The van der Waals surface area contributed by atoms with Crippen molar-refractivity contribution in [2.24, 2.45) is 0 Å². The molecule has 7 nitrogen and oxygen atoms in total. The first-order valence-corrected chi connectivity index (χ1v) is 10.5. The number of amides is 1. The van der Waals surface area contributed by atoms with Crippen LogP contribution < -0.4 is 10.1 Å². The topological polar surface area (TPSA) is 90.1 Å². The van der Waals surface area contributed by atoms with E-state index >= 15 is 0 Å². The van der Waals surface area contributed by atoms with E-state index in [-0.39, 0.29) is 18.6 Å². The molecule has 2 aromatic carbocycles. The maximum Gasteiger partial charge on any atom is 0.416 e. The van der Waals surface area contributed by atoms with Gasteiger partial charge in [-0.1, -0.05) is 35.5 Å². The Hall–Kier alpha value is -3.73. The molecule has 0 aliphatic rings. The van der Waals surface area contributed by atoms with Crippen molar-refractivity contribution in [2.75, 3.05) is 5.32 Å². The summed E-state index contributed by atoms with van der Waals surface area (Å²) in [5, 5.41) is 6.77. The molecule has 0 aliphatic heterocycles. The second-order valence-corrected chi connectivity index (χ2v) is 8.09. The Labute approximate surface area is 190 Å². The van der Waals surface area contributed by atoms with Crippen molar-refractivity contribution in [1.82, 2.24) is 15.1 Å². The lowest BCUT2D eigenvalue weighted by atomic mass is 10.1. The van der Waals surface area contributed by atoms with E-state index in [1.165, 1.54) is 23.6 Å². The van der Waals surface area contributed by atoms with Crippen LogP contribution in [0.2, 0.25) is 0 Å². The summed E-state index contributed by atoms with van der Waals surface area (Å²) in [6.45, 7) is 1.69. The quantitative estimate of drug-likeness (QED) is 0.392. The zero-order valence-corrected chi connectivity index (χ0v) is 18.0. The van der Waals surface area contributed by atoms with E-state index in [9.17, 15) is 18.0 Å². The van der Waals surface area contributed by atoms with E-state index in [0.717, 1.165) is 12.1 Å². The van der Waals surface area contributed by atoms with Crippen LogP contribution in [0.25, 0.3) is 0 Å². The van der Waals surface area contributed by atoms with Gasteiger partial charge < -0.3 is 9.26 Å². The number of aromatic nitrogens is 3. The number of benzene rings is 2. The number of anilines is 1. The molecule has 2 heterocycles. The average molecular weight is 474 g/mol. The minimum Gasteiger partial charge on any atom is -0.485 e. The number of nitrogens with one attached hydrogen (secondary N) is 1. The first-order valence-electron chi connectivity index (χ1n) is 9.71. The van der Waals surface area contributed by atoms with Crippen LogP contribution in [0.5, 0.6) is 5.75 Å². The molecule has 170 valence electrons. The van der Waals surface area contributed by atoms with Gasteiger partial charge in [0.25, 0.3) is 5.91 Å². The van der Waals surface area contributed by atoms with Gasteiger partial charge in [-0.15, -0.1) is 11.3 Å². The predicted molar refractivity (Wildman–Crippen MR) is 114 cm³/mol. The summed E-state index contributed by atoms with van der Waals surface area (Å²) in [4.78, 5) is 21.7. The second kappa shape index (κ2) is 9.41. The maximum absolute atomic E-state index is 12.9. The van der Waals surface area contributed by atoms with Crippen LogP contribution in [0.3, 0.4) is 0 Å². The Morgan fingerprint density at radius 3 is 2.76 bits per heavy atom. The Morgan fingerprint density at radius 2 is 2.00 bits per heavy atom. The number of hydrogen-bond acceptors (Lipinski definition) is 7. The Kier molecular flexibility index (Phi) is 6.40. The molecule has 1 N–H and O–H groups in total. The van der Waals surface area contributed by atoms with Crippen LogP contribution in [-0.2, 0) is 19.2 Å². The number of ether oxygens (including phenoxy) is 1. The highest BCUT2D eigenvalue weighted by Crippen LogP contribution is 2.31. The lowest BCUT2D eigenvalue weighted by molar-refractivity contribution is -0.137. The smallest absolute Gasteiger partial charge is 0.416 e. The number of hydrogen-bond donors (Lipinski definition) is 1. The number of carbonyl (C=O) groups is 1. The molecule has 0 radical (unpaired) electrons. The van der Waals surface area contributed by atoms with Gasteiger partial charge in [-0.3, -0.25) is 10.1 Å². The minimum atomic E-state index is -4.40. The van der Waals surface area contributed by atoms with Gasteiger partial charge in [0.05, 0.1) is 11.1 Å². The Balaban J connectivity index is 1.42. The molecule has 33 heavy (non-hydrogen) atoms. The van der Waals surface area contributed by atoms with E-state index in [2.05, 4.69) is 20.4 Å². The molecule has 0 saturated carbocycles. The first-order chi connectivity index (χ1) is 15.8. The number of halogens is 3. The molecule has 2 aromatic heterocycles. The summed E-state index contributed by atoms with van der Waals surface area (Å²) in [5.41, 5.74) is 0.0831. The summed E-state index contributed by atoms with van der Waals surface area (Å²) in [6, 6.07) is 11.8. The van der Waals surface area contributed by atoms with Crippen LogP contribution in [0.15, 0.2) is 59.3 Å². The van der Waals surface area contributed by atoms with Gasteiger partial charge in [-0.2, -0.15) is 18.2 Å². The van der Waals surface area contributed by atoms with Crippen molar-refractivity contribution in [3.63, 3.8) is 0 Å². The number of rotatable bonds is 7. The predicted octanol–water partition coefficient (Wildman–Crippen LogP) is 5.28. The minimum absolute atomic E-state index is 0.0278. The monoisotopic (exact) mass is 474 g/mol. The van der Waals surface area contributed by atoms with Crippen LogP contribution >= 0.6 is 11.3 Å². The second-order valence-electron chi connectivity index (χ2n) is 6.98. The van der Waals surface area contributed by atoms with Gasteiger partial charge in [0.1, 0.15) is 5.75 Å². The van der Waals surface area contributed by atoms with Crippen LogP contribution in [0, 0.1) is 6.92 Å². The summed E-state index contributed by atoms with van der Waals surface area (Å²) >= 11 is 1.19. The summed E-state index contributed by atoms with van der Waals surface area (Å²) < 4.78 is 49.3. The number of nitrogens with zero attached hydrogens (tertiary/aromatic N) is 3. The highest BCUT2D eigenvalue weighted by Gasteiger charge is 2.30.